The number of nitrogens with one attached hydrogen (secondary N) is 3. The van der Waals surface area contributed by atoms with Crippen LogP contribution in [-0.4, -0.2) is 21.8 Å². The standard InChI is InChI=1S/C21H24N4O2/c1-13(2)19(20-23-17-6-4-5-7-18(17)24-20)25-21(27)16-10-8-15(9-11-16)12-22-14(3)26/h4-11,13,19H,12H2,1-3H3,(H,22,26)(H,23,24)(H,25,27). The number of rotatable bonds is 6. The molecule has 6 nitrogen and oxygen atoms in total. The number of benzene rings is 2. The van der Waals surface area contributed by atoms with E-state index >= 15 is 0 Å². The topological polar surface area (TPSA) is 86.9 Å². The Balaban J connectivity index is 1.74. The Kier molecular flexibility index (Phi) is 5.54. The van der Waals surface area contributed by atoms with Gasteiger partial charge < -0.3 is 15.6 Å². The van der Waals surface area contributed by atoms with Crippen molar-refractivity contribution in [3.8, 4) is 0 Å². The van der Waals surface area contributed by atoms with Crippen molar-refractivity contribution >= 4 is 22.8 Å². The first-order valence-corrected chi connectivity index (χ1v) is 9.03. The number of amides is 2. The summed E-state index contributed by atoms with van der Waals surface area (Å²) >= 11 is 0. The van der Waals surface area contributed by atoms with Gasteiger partial charge in [-0.3, -0.25) is 9.59 Å². The monoisotopic (exact) mass is 364 g/mol. The van der Waals surface area contributed by atoms with Crippen LogP contribution >= 0.6 is 0 Å². The van der Waals surface area contributed by atoms with Gasteiger partial charge >= 0.3 is 0 Å². The Morgan fingerprint density at radius 3 is 2.41 bits per heavy atom. The Bertz CT molecular complexity index is 911. The number of imidazole rings is 1. The predicted molar refractivity (Wildman–Crippen MR) is 105 cm³/mol. The fourth-order valence-corrected chi connectivity index (χ4v) is 2.90. The highest BCUT2D eigenvalue weighted by atomic mass is 16.2. The second kappa shape index (κ2) is 8.03. The molecule has 0 radical (unpaired) electrons. The van der Waals surface area contributed by atoms with Gasteiger partial charge in [0.25, 0.3) is 5.91 Å². The molecule has 0 spiro atoms. The normalized spacial score (nSPS) is 12.1. The van der Waals surface area contributed by atoms with Crippen LogP contribution in [-0.2, 0) is 11.3 Å². The molecular formula is C21H24N4O2. The fourth-order valence-electron chi connectivity index (χ4n) is 2.90. The molecule has 2 aromatic carbocycles. The molecule has 0 saturated heterocycles. The average molecular weight is 364 g/mol. The number of H-pyrrole nitrogens is 1. The van der Waals surface area contributed by atoms with Crippen molar-refractivity contribution in [1.29, 1.82) is 0 Å². The summed E-state index contributed by atoms with van der Waals surface area (Å²) in [6, 6.07) is 14.8. The zero-order valence-electron chi connectivity index (χ0n) is 15.7. The molecule has 3 N–H and O–H groups in total. The van der Waals surface area contributed by atoms with Crippen LogP contribution in [0.2, 0.25) is 0 Å². The molecule has 0 fully saturated rings. The molecular weight excluding hydrogens is 340 g/mol. The van der Waals surface area contributed by atoms with E-state index in [0.29, 0.717) is 12.1 Å². The van der Waals surface area contributed by atoms with Gasteiger partial charge in [-0.05, 0) is 35.7 Å². The Hall–Kier alpha value is -3.15. The number of aromatic nitrogens is 2. The number of hydrogen-bond donors (Lipinski definition) is 3. The lowest BCUT2D eigenvalue weighted by molar-refractivity contribution is -0.119. The van der Waals surface area contributed by atoms with E-state index in [1.807, 2.05) is 36.4 Å². The molecule has 0 aliphatic rings. The lowest BCUT2D eigenvalue weighted by Gasteiger charge is -2.20. The van der Waals surface area contributed by atoms with Gasteiger partial charge in [-0.1, -0.05) is 38.1 Å². The van der Waals surface area contributed by atoms with E-state index in [9.17, 15) is 9.59 Å². The Morgan fingerprint density at radius 1 is 1.07 bits per heavy atom. The first-order chi connectivity index (χ1) is 12.9. The highest BCUT2D eigenvalue weighted by molar-refractivity contribution is 5.94. The van der Waals surface area contributed by atoms with Crippen LogP contribution in [0, 0.1) is 5.92 Å². The molecule has 1 aromatic heterocycles. The van der Waals surface area contributed by atoms with Gasteiger partial charge in [-0.2, -0.15) is 0 Å². The number of hydrogen-bond acceptors (Lipinski definition) is 3. The van der Waals surface area contributed by atoms with Crippen molar-refractivity contribution in [2.24, 2.45) is 5.92 Å². The molecule has 0 saturated carbocycles. The minimum atomic E-state index is -0.219. The molecule has 0 aliphatic heterocycles. The summed E-state index contributed by atoms with van der Waals surface area (Å²) in [5.74, 6) is 0.693. The third-order valence-electron chi connectivity index (χ3n) is 4.41. The number of fused-ring (bicyclic) bond motifs is 1. The van der Waals surface area contributed by atoms with Crippen LogP contribution < -0.4 is 10.6 Å². The largest absolute Gasteiger partial charge is 0.352 e. The van der Waals surface area contributed by atoms with E-state index in [4.69, 9.17) is 0 Å². The van der Waals surface area contributed by atoms with E-state index in [0.717, 1.165) is 22.4 Å². The summed E-state index contributed by atoms with van der Waals surface area (Å²) in [5.41, 5.74) is 3.35. The second-order valence-electron chi connectivity index (χ2n) is 6.94. The molecule has 1 heterocycles. The van der Waals surface area contributed by atoms with Crippen molar-refractivity contribution in [2.75, 3.05) is 0 Å². The van der Waals surface area contributed by atoms with Crippen molar-refractivity contribution < 1.29 is 9.59 Å². The first-order valence-electron chi connectivity index (χ1n) is 9.03. The van der Waals surface area contributed by atoms with E-state index in [1.54, 1.807) is 12.1 Å². The molecule has 3 rings (SSSR count). The summed E-state index contributed by atoms with van der Waals surface area (Å²) in [6.45, 7) is 6.03. The number of para-hydroxylation sites is 2. The molecule has 6 heteroatoms. The summed E-state index contributed by atoms with van der Waals surface area (Å²) in [7, 11) is 0. The summed E-state index contributed by atoms with van der Waals surface area (Å²) < 4.78 is 0. The number of carbonyl (C=O) groups excluding carboxylic acids is 2. The fraction of sp³-hybridized carbons (Fsp3) is 0.286. The quantitative estimate of drug-likeness (QED) is 0.627. The number of carbonyl (C=O) groups is 2. The summed E-state index contributed by atoms with van der Waals surface area (Å²) in [4.78, 5) is 31.6. The maximum atomic E-state index is 12.7. The number of nitrogens with zero attached hydrogens (tertiary/aromatic N) is 1. The first kappa shape index (κ1) is 18.6. The van der Waals surface area contributed by atoms with Crippen molar-refractivity contribution in [1.82, 2.24) is 20.6 Å². The van der Waals surface area contributed by atoms with Gasteiger partial charge in [0.05, 0.1) is 17.1 Å². The lowest BCUT2D eigenvalue weighted by Crippen LogP contribution is -2.32. The van der Waals surface area contributed by atoms with Crippen molar-refractivity contribution in [3.05, 3.63) is 65.5 Å². The van der Waals surface area contributed by atoms with E-state index < -0.39 is 0 Å². The Morgan fingerprint density at radius 2 is 1.78 bits per heavy atom. The molecule has 0 bridgehead atoms. The van der Waals surface area contributed by atoms with Crippen molar-refractivity contribution in [2.45, 2.75) is 33.4 Å². The molecule has 27 heavy (non-hydrogen) atoms. The second-order valence-corrected chi connectivity index (χ2v) is 6.94. The smallest absolute Gasteiger partial charge is 0.251 e. The SMILES string of the molecule is CC(=O)NCc1ccc(C(=O)NC(c2nc3ccccc3[nH]2)C(C)C)cc1. The van der Waals surface area contributed by atoms with Crippen LogP contribution in [0.5, 0.6) is 0 Å². The average Bonchev–Trinajstić information content (AvgIpc) is 3.08. The zero-order chi connectivity index (χ0) is 19.4. The van der Waals surface area contributed by atoms with Crippen LogP contribution in [0.25, 0.3) is 11.0 Å². The molecule has 140 valence electrons. The highest BCUT2D eigenvalue weighted by Crippen LogP contribution is 2.22. The van der Waals surface area contributed by atoms with Gasteiger partial charge in [-0.15, -0.1) is 0 Å². The van der Waals surface area contributed by atoms with E-state index in [2.05, 4.69) is 34.4 Å². The van der Waals surface area contributed by atoms with Gasteiger partial charge in [0.2, 0.25) is 5.91 Å². The number of aromatic amines is 1. The zero-order valence-corrected chi connectivity index (χ0v) is 15.7. The Labute approximate surface area is 158 Å². The highest BCUT2D eigenvalue weighted by Gasteiger charge is 2.22. The summed E-state index contributed by atoms with van der Waals surface area (Å²) in [5, 5.41) is 5.82. The third-order valence-corrected chi connectivity index (χ3v) is 4.41. The lowest BCUT2D eigenvalue weighted by atomic mass is 10.0. The van der Waals surface area contributed by atoms with Gasteiger partial charge in [-0.25, -0.2) is 4.98 Å². The molecule has 3 aromatic rings. The van der Waals surface area contributed by atoms with E-state index in [1.165, 1.54) is 6.92 Å². The minimum Gasteiger partial charge on any atom is -0.352 e. The van der Waals surface area contributed by atoms with Crippen LogP contribution in [0.4, 0.5) is 0 Å². The van der Waals surface area contributed by atoms with Gasteiger partial charge in [0, 0.05) is 19.0 Å². The van der Waals surface area contributed by atoms with Crippen LogP contribution in [0.15, 0.2) is 48.5 Å². The molecule has 1 unspecified atom stereocenters. The van der Waals surface area contributed by atoms with Crippen molar-refractivity contribution in [3.63, 3.8) is 0 Å². The van der Waals surface area contributed by atoms with Gasteiger partial charge in [0.15, 0.2) is 0 Å². The van der Waals surface area contributed by atoms with Crippen LogP contribution in [0.1, 0.15) is 48.6 Å². The minimum absolute atomic E-state index is 0.0811. The van der Waals surface area contributed by atoms with E-state index in [-0.39, 0.29) is 23.8 Å². The maximum absolute atomic E-state index is 12.7. The summed E-state index contributed by atoms with van der Waals surface area (Å²) in [6.07, 6.45) is 0. The molecule has 0 aliphatic carbocycles. The third kappa shape index (κ3) is 4.53. The van der Waals surface area contributed by atoms with Crippen LogP contribution in [0.3, 0.4) is 0 Å². The predicted octanol–water partition coefficient (Wildman–Crippen LogP) is 3.33. The maximum Gasteiger partial charge on any atom is 0.251 e. The molecule has 2 amide bonds. The molecule has 1 atom stereocenters. The van der Waals surface area contributed by atoms with Gasteiger partial charge in [0.1, 0.15) is 5.82 Å².